The summed E-state index contributed by atoms with van der Waals surface area (Å²) in [6.45, 7) is 5.81. The van der Waals surface area contributed by atoms with Crippen molar-refractivity contribution < 1.29 is 9.84 Å². The summed E-state index contributed by atoms with van der Waals surface area (Å²) in [5, 5.41) is 11.9. The van der Waals surface area contributed by atoms with E-state index < -0.39 is 6.10 Å². The molecule has 1 rings (SSSR count). The number of nitrogens with zero attached hydrogens (tertiary/aromatic N) is 1. The van der Waals surface area contributed by atoms with Crippen molar-refractivity contribution in [3.05, 3.63) is 20.8 Å². The van der Waals surface area contributed by atoms with Gasteiger partial charge in [0.15, 0.2) is 0 Å². The Morgan fingerprint density at radius 1 is 1.53 bits per heavy atom. The first-order chi connectivity index (χ1) is 7.97. The van der Waals surface area contributed by atoms with Crippen LogP contribution in [0.2, 0.25) is 0 Å². The predicted octanol–water partition coefficient (Wildman–Crippen LogP) is 2.73. The summed E-state index contributed by atoms with van der Waals surface area (Å²) >= 11 is 5.13. The maximum atomic E-state index is 9.78. The highest BCUT2D eigenvalue weighted by atomic mass is 79.9. The van der Waals surface area contributed by atoms with E-state index in [2.05, 4.69) is 32.3 Å². The fourth-order valence-corrected chi connectivity index (χ4v) is 2.72. The quantitative estimate of drug-likeness (QED) is 0.838. The fraction of sp³-hybridized carbons (Fsp3) is 0.667. The highest BCUT2D eigenvalue weighted by Gasteiger charge is 2.10. The standard InChI is InChI=1S/C12H20BrNO2S/c1-9(2)16-7-11(15)6-14(3)5-10-4-12(13)17-8-10/h4,8-9,11,15H,5-7H2,1-3H3. The van der Waals surface area contributed by atoms with Crippen LogP contribution in [0.5, 0.6) is 0 Å². The Morgan fingerprint density at radius 3 is 2.76 bits per heavy atom. The second-order valence-electron chi connectivity index (χ2n) is 4.49. The molecule has 1 N–H and O–H groups in total. The zero-order valence-corrected chi connectivity index (χ0v) is 12.9. The minimum absolute atomic E-state index is 0.169. The van der Waals surface area contributed by atoms with Gasteiger partial charge in [0.25, 0.3) is 0 Å². The Hall–Kier alpha value is 0.0600. The Balaban J connectivity index is 2.26. The minimum atomic E-state index is -0.426. The number of thiophene rings is 1. The van der Waals surface area contributed by atoms with Gasteiger partial charge in [-0.15, -0.1) is 11.3 Å². The number of aliphatic hydroxyl groups is 1. The van der Waals surface area contributed by atoms with Crippen LogP contribution in [-0.4, -0.2) is 42.4 Å². The Kier molecular flexibility index (Phi) is 6.66. The molecule has 3 nitrogen and oxygen atoms in total. The first kappa shape index (κ1) is 15.1. The molecule has 0 saturated heterocycles. The molecular formula is C12H20BrNO2S. The fourth-order valence-electron chi connectivity index (χ4n) is 1.52. The van der Waals surface area contributed by atoms with Crippen LogP contribution in [0.25, 0.3) is 0 Å². The van der Waals surface area contributed by atoms with Crippen LogP contribution in [-0.2, 0) is 11.3 Å². The van der Waals surface area contributed by atoms with Gasteiger partial charge >= 0.3 is 0 Å². The first-order valence-corrected chi connectivity index (χ1v) is 7.35. The third-order valence-corrected chi connectivity index (χ3v) is 3.77. The molecule has 0 aliphatic heterocycles. The van der Waals surface area contributed by atoms with E-state index in [9.17, 15) is 5.11 Å². The SMILES string of the molecule is CC(C)OCC(O)CN(C)Cc1csc(Br)c1. The molecule has 0 bridgehead atoms. The van der Waals surface area contributed by atoms with Crippen LogP contribution in [0.3, 0.4) is 0 Å². The molecular weight excluding hydrogens is 302 g/mol. The number of rotatable bonds is 7. The molecule has 0 amide bonds. The smallest absolute Gasteiger partial charge is 0.0900 e. The number of hydrogen-bond acceptors (Lipinski definition) is 4. The maximum absolute atomic E-state index is 9.78. The van der Waals surface area contributed by atoms with Crippen molar-refractivity contribution in [2.45, 2.75) is 32.6 Å². The van der Waals surface area contributed by atoms with E-state index in [0.29, 0.717) is 13.2 Å². The van der Waals surface area contributed by atoms with Gasteiger partial charge in [-0.3, -0.25) is 4.90 Å². The van der Waals surface area contributed by atoms with E-state index in [0.717, 1.165) is 10.3 Å². The molecule has 0 aliphatic rings. The summed E-state index contributed by atoms with van der Waals surface area (Å²) in [5.41, 5.74) is 1.27. The highest BCUT2D eigenvalue weighted by Crippen LogP contribution is 2.21. The molecule has 17 heavy (non-hydrogen) atoms. The molecule has 1 aromatic heterocycles. The second-order valence-corrected chi connectivity index (χ2v) is 6.78. The van der Waals surface area contributed by atoms with Crippen LogP contribution in [0, 0.1) is 0 Å². The van der Waals surface area contributed by atoms with Gasteiger partial charge in [-0.2, -0.15) is 0 Å². The van der Waals surface area contributed by atoms with Gasteiger partial charge in [0.1, 0.15) is 0 Å². The van der Waals surface area contributed by atoms with Crippen molar-refractivity contribution in [3.63, 3.8) is 0 Å². The van der Waals surface area contributed by atoms with Crippen molar-refractivity contribution in [2.24, 2.45) is 0 Å². The van der Waals surface area contributed by atoms with E-state index in [-0.39, 0.29) is 6.10 Å². The third-order valence-electron chi connectivity index (χ3n) is 2.22. The lowest BCUT2D eigenvalue weighted by Crippen LogP contribution is -2.32. The summed E-state index contributed by atoms with van der Waals surface area (Å²) in [4.78, 5) is 2.10. The number of ether oxygens (including phenoxy) is 1. The lowest BCUT2D eigenvalue weighted by atomic mass is 10.3. The van der Waals surface area contributed by atoms with E-state index in [1.807, 2.05) is 20.9 Å². The van der Waals surface area contributed by atoms with Crippen molar-refractivity contribution in [3.8, 4) is 0 Å². The Labute approximate surface area is 116 Å². The van der Waals surface area contributed by atoms with E-state index >= 15 is 0 Å². The summed E-state index contributed by atoms with van der Waals surface area (Å²) in [5.74, 6) is 0. The van der Waals surface area contributed by atoms with E-state index in [1.54, 1.807) is 11.3 Å². The molecule has 0 aliphatic carbocycles. The Bertz CT molecular complexity index is 330. The number of aliphatic hydroxyl groups excluding tert-OH is 1. The van der Waals surface area contributed by atoms with E-state index in [1.165, 1.54) is 5.56 Å². The lowest BCUT2D eigenvalue weighted by Gasteiger charge is -2.20. The van der Waals surface area contributed by atoms with Gasteiger partial charge in [0, 0.05) is 13.1 Å². The molecule has 1 unspecified atom stereocenters. The third kappa shape index (κ3) is 6.52. The summed E-state index contributed by atoms with van der Waals surface area (Å²) < 4.78 is 6.52. The van der Waals surface area contributed by atoms with Gasteiger partial charge in [0.2, 0.25) is 0 Å². The Morgan fingerprint density at radius 2 is 2.24 bits per heavy atom. The molecule has 0 fully saturated rings. The van der Waals surface area contributed by atoms with Crippen LogP contribution in [0.1, 0.15) is 19.4 Å². The van der Waals surface area contributed by atoms with Crippen LogP contribution < -0.4 is 0 Å². The van der Waals surface area contributed by atoms with Crippen molar-refractivity contribution in [1.82, 2.24) is 4.90 Å². The average molecular weight is 322 g/mol. The van der Waals surface area contributed by atoms with Gasteiger partial charge in [-0.25, -0.2) is 0 Å². The maximum Gasteiger partial charge on any atom is 0.0900 e. The molecule has 0 radical (unpaired) electrons. The summed E-state index contributed by atoms with van der Waals surface area (Å²) in [7, 11) is 2.00. The summed E-state index contributed by atoms with van der Waals surface area (Å²) in [6, 6.07) is 2.11. The number of likely N-dealkylation sites (N-methyl/N-ethyl adjacent to an activating group) is 1. The molecule has 0 saturated carbocycles. The van der Waals surface area contributed by atoms with Gasteiger partial charge in [-0.1, -0.05) is 0 Å². The second kappa shape index (κ2) is 7.48. The lowest BCUT2D eigenvalue weighted by molar-refractivity contribution is -0.00633. The molecule has 5 heteroatoms. The number of halogens is 1. The average Bonchev–Trinajstić information content (AvgIpc) is 2.60. The molecule has 98 valence electrons. The molecule has 0 spiro atoms. The van der Waals surface area contributed by atoms with Gasteiger partial charge in [0.05, 0.1) is 22.6 Å². The molecule has 1 atom stereocenters. The highest BCUT2D eigenvalue weighted by molar-refractivity contribution is 9.11. The number of hydrogen-bond donors (Lipinski definition) is 1. The largest absolute Gasteiger partial charge is 0.389 e. The normalized spacial score (nSPS) is 13.6. The van der Waals surface area contributed by atoms with Crippen molar-refractivity contribution >= 4 is 27.3 Å². The van der Waals surface area contributed by atoms with Gasteiger partial charge in [-0.05, 0) is 53.8 Å². The topological polar surface area (TPSA) is 32.7 Å². The zero-order chi connectivity index (χ0) is 12.8. The molecule has 0 aromatic carbocycles. The molecule has 1 aromatic rings. The zero-order valence-electron chi connectivity index (χ0n) is 10.5. The van der Waals surface area contributed by atoms with Crippen LogP contribution in [0.4, 0.5) is 0 Å². The van der Waals surface area contributed by atoms with Crippen LogP contribution >= 0.6 is 27.3 Å². The van der Waals surface area contributed by atoms with Crippen LogP contribution in [0.15, 0.2) is 15.2 Å². The first-order valence-electron chi connectivity index (χ1n) is 5.68. The predicted molar refractivity (Wildman–Crippen MR) is 75.4 cm³/mol. The van der Waals surface area contributed by atoms with Crippen molar-refractivity contribution in [1.29, 1.82) is 0 Å². The minimum Gasteiger partial charge on any atom is -0.389 e. The summed E-state index contributed by atoms with van der Waals surface area (Å²) in [6.07, 6.45) is -0.257. The monoisotopic (exact) mass is 321 g/mol. The van der Waals surface area contributed by atoms with Crippen molar-refractivity contribution in [2.75, 3.05) is 20.2 Å². The van der Waals surface area contributed by atoms with E-state index in [4.69, 9.17) is 4.74 Å². The molecule has 1 heterocycles. The van der Waals surface area contributed by atoms with Gasteiger partial charge < -0.3 is 9.84 Å².